The lowest BCUT2D eigenvalue weighted by molar-refractivity contribution is -0.136. The number of rotatable bonds is 4. The predicted molar refractivity (Wildman–Crippen MR) is 104 cm³/mol. The van der Waals surface area contributed by atoms with Gasteiger partial charge in [-0.05, 0) is 50.7 Å². The summed E-state index contributed by atoms with van der Waals surface area (Å²) < 4.78 is 27.2. The highest BCUT2D eigenvalue weighted by Gasteiger charge is 2.41. The van der Waals surface area contributed by atoms with Crippen molar-refractivity contribution in [2.45, 2.75) is 49.6 Å². The minimum absolute atomic E-state index is 0. The summed E-state index contributed by atoms with van der Waals surface area (Å²) in [4.78, 5) is 15.0. The normalized spacial score (nSPS) is 23.5. The summed E-state index contributed by atoms with van der Waals surface area (Å²) in [6.45, 7) is 3.75. The summed E-state index contributed by atoms with van der Waals surface area (Å²) in [5.41, 5.74) is 5.96. The molecular formula is C18H28ClN3O3S. The van der Waals surface area contributed by atoms with Crippen molar-refractivity contribution in [1.82, 2.24) is 9.21 Å². The van der Waals surface area contributed by atoms with Gasteiger partial charge in [-0.25, -0.2) is 8.42 Å². The number of nitrogens with two attached hydrogens (primary N) is 1. The van der Waals surface area contributed by atoms with E-state index in [2.05, 4.69) is 0 Å². The zero-order valence-electron chi connectivity index (χ0n) is 15.1. The van der Waals surface area contributed by atoms with Crippen LogP contribution in [0.4, 0.5) is 0 Å². The number of carbonyl (C=O) groups is 1. The molecule has 0 aromatic heterocycles. The molecule has 8 heteroatoms. The van der Waals surface area contributed by atoms with Crippen LogP contribution in [0.2, 0.25) is 0 Å². The first-order valence-electron chi connectivity index (χ1n) is 9.02. The van der Waals surface area contributed by atoms with Crippen molar-refractivity contribution in [3.63, 3.8) is 0 Å². The molecule has 2 aliphatic heterocycles. The van der Waals surface area contributed by atoms with Crippen LogP contribution in [0, 0.1) is 5.92 Å². The number of carbonyl (C=O) groups excluding carboxylic acids is 1. The summed E-state index contributed by atoms with van der Waals surface area (Å²) in [6.07, 6.45) is 3.10. The molecule has 2 aliphatic rings. The molecule has 3 rings (SSSR count). The molecule has 2 heterocycles. The van der Waals surface area contributed by atoms with Crippen LogP contribution in [-0.2, 0) is 14.8 Å². The molecule has 0 radical (unpaired) electrons. The van der Waals surface area contributed by atoms with Gasteiger partial charge in [0.05, 0.1) is 4.90 Å². The Balaban J connectivity index is 0.00000243. The van der Waals surface area contributed by atoms with E-state index in [1.54, 1.807) is 30.3 Å². The smallest absolute Gasteiger partial charge is 0.243 e. The van der Waals surface area contributed by atoms with E-state index < -0.39 is 16.1 Å². The Morgan fingerprint density at radius 3 is 2.31 bits per heavy atom. The van der Waals surface area contributed by atoms with E-state index >= 15 is 0 Å². The molecule has 2 saturated heterocycles. The first-order valence-corrected chi connectivity index (χ1v) is 10.5. The molecule has 0 bridgehead atoms. The Bertz CT molecular complexity index is 704. The third kappa shape index (κ3) is 4.22. The van der Waals surface area contributed by atoms with Gasteiger partial charge in [0.1, 0.15) is 6.04 Å². The van der Waals surface area contributed by atoms with Gasteiger partial charge >= 0.3 is 0 Å². The maximum Gasteiger partial charge on any atom is 0.243 e. The maximum absolute atomic E-state index is 13.0. The van der Waals surface area contributed by atoms with Gasteiger partial charge in [-0.15, -0.1) is 12.4 Å². The average molecular weight is 402 g/mol. The summed E-state index contributed by atoms with van der Waals surface area (Å²) in [6, 6.07) is 7.94. The number of likely N-dealkylation sites (tertiary alicyclic amines) is 1. The van der Waals surface area contributed by atoms with E-state index in [1.807, 2.05) is 11.8 Å². The van der Waals surface area contributed by atoms with Gasteiger partial charge in [0.2, 0.25) is 15.9 Å². The van der Waals surface area contributed by atoms with Crippen LogP contribution in [0.25, 0.3) is 0 Å². The number of benzene rings is 1. The highest BCUT2D eigenvalue weighted by Crippen LogP contribution is 2.29. The van der Waals surface area contributed by atoms with Gasteiger partial charge < -0.3 is 10.6 Å². The molecule has 2 atom stereocenters. The summed E-state index contributed by atoms with van der Waals surface area (Å²) >= 11 is 0. The summed E-state index contributed by atoms with van der Waals surface area (Å²) in [5, 5.41) is 0. The lowest BCUT2D eigenvalue weighted by Crippen LogP contribution is -2.50. The molecule has 1 aromatic carbocycles. The van der Waals surface area contributed by atoms with E-state index in [9.17, 15) is 13.2 Å². The molecule has 146 valence electrons. The minimum Gasteiger partial charge on any atom is -0.341 e. The van der Waals surface area contributed by atoms with Crippen molar-refractivity contribution in [2.24, 2.45) is 11.7 Å². The Morgan fingerprint density at radius 2 is 1.73 bits per heavy atom. The number of halogens is 1. The van der Waals surface area contributed by atoms with Crippen LogP contribution in [0.1, 0.15) is 32.6 Å². The van der Waals surface area contributed by atoms with Gasteiger partial charge in [-0.3, -0.25) is 4.79 Å². The van der Waals surface area contributed by atoms with Crippen molar-refractivity contribution in [2.75, 3.05) is 19.6 Å². The highest BCUT2D eigenvalue weighted by atomic mass is 35.5. The minimum atomic E-state index is -3.63. The number of hydrogen-bond acceptors (Lipinski definition) is 4. The van der Waals surface area contributed by atoms with Crippen LogP contribution in [-0.4, -0.2) is 55.2 Å². The molecule has 0 saturated carbocycles. The molecule has 26 heavy (non-hydrogen) atoms. The first-order chi connectivity index (χ1) is 11.9. The van der Waals surface area contributed by atoms with E-state index in [-0.39, 0.29) is 29.3 Å². The Kier molecular flexibility index (Phi) is 7.07. The largest absolute Gasteiger partial charge is 0.341 e. The zero-order chi connectivity index (χ0) is 18.0. The van der Waals surface area contributed by atoms with Crippen LogP contribution >= 0.6 is 12.4 Å². The number of sulfonamides is 1. The standard InChI is InChI=1S/C18H27N3O3S.ClH/c1-14(19)15-9-12-20(13-10-15)18(22)17-8-5-11-21(17)25(23,24)16-6-3-2-4-7-16;/h2-4,6-7,14-15,17H,5,8-13,19H2,1H3;1H. The molecule has 1 aromatic rings. The second-order valence-electron chi connectivity index (χ2n) is 7.11. The van der Waals surface area contributed by atoms with Gasteiger partial charge in [-0.1, -0.05) is 18.2 Å². The van der Waals surface area contributed by atoms with Gasteiger partial charge in [0, 0.05) is 25.7 Å². The molecule has 2 N–H and O–H groups in total. The monoisotopic (exact) mass is 401 g/mol. The molecule has 0 aliphatic carbocycles. The fourth-order valence-electron chi connectivity index (χ4n) is 3.86. The molecule has 0 spiro atoms. The van der Waals surface area contributed by atoms with Gasteiger partial charge in [0.25, 0.3) is 0 Å². The van der Waals surface area contributed by atoms with E-state index in [0.717, 1.165) is 19.3 Å². The fraction of sp³-hybridized carbons (Fsp3) is 0.611. The van der Waals surface area contributed by atoms with E-state index in [1.165, 1.54) is 4.31 Å². The number of piperidine rings is 1. The number of nitrogens with zero attached hydrogens (tertiary/aromatic N) is 2. The molecule has 2 unspecified atom stereocenters. The maximum atomic E-state index is 13.0. The number of amides is 1. The lowest BCUT2D eigenvalue weighted by atomic mass is 9.90. The van der Waals surface area contributed by atoms with Crippen LogP contribution < -0.4 is 5.73 Å². The Labute approximate surface area is 162 Å². The third-order valence-corrected chi connectivity index (χ3v) is 7.36. The van der Waals surface area contributed by atoms with E-state index in [0.29, 0.717) is 32.0 Å². The molecule has 6 nitrogen and oxygen atoms in total. The summed E-state index contributed by atoms with van der Waals surface area (Å²) in [5.74, 6) is 0.386. The molecule has 2 fully saturated rings. The number of hydrogen-bond donors (Lipinski definition) is 1. The summed E-state index contributed by atoms with van der Waals surface area (Å²) in [7, 11) is -3.63. The van der Waals surface area contributed by atoms with Crippen molar-refractivity contribution in [3.8, 4) is 0 Å². The first kappa shape index (κ1) is 21.2. The second-order valence-corrected chi connectivity index (χ2v) is 9.00. The van der Waals surface area contributed by atoms with E-state index in [4.69, 9.17) is 5.73 Å². The van der Waals surface area contributed by atoms with Crippen LogP contribution in [0.15, 0.2) is 35.2 Å². The highest BCUT2D eigenvalue weighted by molar-refractivity contribution is 7.89. The topological polar surface area (TPSA) is 83.7 Å². The Hall–Kier alpha value is -1.15. The lowest BCUT2D eigenvalue weighted by Gasteiger charge is -2.36. The zero-order valence-corrected chi connectivity index (χ0v) is 16.7. The van der Waals surface area contributed by atoms with Crippen molar-refractivity contribution in [3.05, 3.63) is 30.3 Å². The van der Waals surface area contributed by atoms with Crippen LogP contribution in [0.5, 0.6) is 0 Å². The van der Waals surface area contributed by atoms with Crippen molar-refractivity contribution in [1.29, 1.82) is 0 Å². The van der Waals surface area contributed by atoms with Gasteiger partial charge in [0.15, 0.2) is 0 Å². The predicted octanol–water partition coefficient (Wildman–Crippen LogP) is 1.85. The third-order valence-electron chi connectivity index (χ3n) is 5.43. The fourth-order valence-corrected chi connectivity index (χ4v) is 5.53. The second kappa shape index (κ2) is 8.69. The average Bonchev–Trinajstić information content (AvgIpc) is 3.12. The molecular weight excluding hydrogens is 374 g/mol. The Morgan fingerprint density at radius 1 is 1.12 bits per heavy atom. The quantitative estimate of drug-likeness (QED) is 0.834. The van der Waals surface area contributed by atoms with Crippen molar-refractivity contribution >= 4 is 28.3 Å². The van der Waals surface area contributed by atoms with Crippen molar-refractivity contribution < 1.29 is 13.2 Å². The van der Waals surface area contributed by atoms with Gasteiger partial charge in [-0.2, -0.15) is 4.31 Å². The molecule has 1 amide bonds. The SMILES string of the molecule is CC(N)C1CCN(C(=O)C2CCCN2S(=O)(=O)c2ccccc2)CC1.Cl. The van der Waals surface area contributed by atoms with Crippen LogP contribution in [0.3, 0.4) is 0 Å².